The molecule has 0 aliphatic carbocycles. The molecule has 0 radical (unpaired) electrons. The molecular weight excluding hydrogens is 674 g/mol. The first kappa shape index (κ1) is 34.0. The van der Waals surface area contributed by atoms with Crippen molar-refractivity contribution in [3.63, 3.8) is 0 Å². The Kier molecular flexibility index (Phi) is 9.20. The summed E-state index contributed by atoms with van der Waals surface area (Å²) in [6, 6.07) is 8.52. The van der Waals surface area contributed by atoms with E-state index in [1.54, 1.807) is 0 Å². The van der Waals surface area contributed by atoms with Crippen molar-refractivity contribution in [3.05, 3.63) is 48.5 Å². The van der Waals surface area contributed by atoms with Crippen molar-refractivity contribution in [1.29, 1.82) is 0 Å². The fourth-order valence-corrected chi connectivity index (χ4v) is 6.09. The summed E-state index contributed by atoms with van der Waals surface area (Å²) < 4.78 is 117. The maximum atomic E-state index is 12.3. The summed E-state index contributed by atoms with van der Waals surface area (Å²) >= 11 is 0. The minimum atomic E-state index is -5.23. The number of phenolic OH excluding ortho intramolecular Hbond substituents is 1. The number of methoxy groups -OCH3 is 3. The Labute approximate surface area is 261 Å². The van der Waals surface area contributed by atoms with E-state index in [0.29, 0.717) is 6.07 Å². The smallest absolute Gasteiger partial charge is 0.297 e. The molecule has 0 heterocycles. The van der Waals surface area contributed by atoms with Crippen molar-refractivity contribution in [2.75, 3.05) is 27.1 Å². The normalized spacial score (nSPS) is 12.7. The third-order valence-electron chi connectivity index (χ3n) is 6.20. The fourth-order valence-electron chi connectivity index (χ4n) is 4.13. The maximum absolute atomic E-state index is 12.3. The second-order valence-electron chi connectivity index (χ2n) is 9.01. The van der Waals surface area contributed by atoms with Crippen LogP contribution >= 0.6 is 0 Å². The standard InChI is InChI=1S/C25H23N5O13S3/c1-41-19-7-4-12(44(32,33)34)8-18(19)29-27-16-10-20(42-2)21(43-3)11-17(16)28-30-23-22(45(35,36)37)9-14-13(24(23)31)5-6-15(26)25(14)46(38,39)40/h4-11,31H,26H2,1-3H3,(H,32,33,34)(H,35,36,37)(H,38,39,40). The number of aromatic hydroxyl groups is 1. The number of anilines is 1. The van der Waals surface area contributed by atoms with Gasteiger partial charge in [-0.2, -0.15) is 25.3 Å². The molecule has 4 rings (SSSR count). The molecule has 46 heavy (non-hydrogen) atoms. The lowest BCUT2D eigenvalue weighted by molar-refractivity contribution is 0.355. The fraction of sp³-hybridized carbons (Fsp3) is 0.120. The lowest BCUT2D eigenvalue weighted by Crippen LogP contribution is -2.06. The van der Waals surface area contributed by atoms with E-state index >= 15 is 0 Å². The number of hydrogen-bond donors (Lipinski definition) is 5. The number of fused-ring (bicyclic) bond motifs is 1. The van der Waals surface area contributed by atoms with E-state index in [9.17, 15) is 44.0 Å². The summed E-state index contributed by atoms with van der Waals surface area (Å²) in [5.74, 6) is -0.721. The lowest BCUT2D eigenvalue weighted by atomic mass is 10.1. The first-order chi connectivity index (χ1) is 21.4. The van der Waals surface area contributed by atoms with Gasteiger partial charge in [-0.15, -0.1) is 20.5 Å². The Bertz CT molecular complexity index is 2270. The van der Waals surface area contributed by atoms with Gasteiger partial charge in [0.2, 0.25) is 0 Å². The molecule has 0 saturated carbocycles. The SMILES string of the molecule is COc1ccc(S(=O)(=O)O)cc1N=Nc1cc(OC)c(OC)cc1N=Nc1c(S(=O)(=O)O)cc2c(S(=O)(=O)O)c(N)ccc2c1O. The largest absolute Gasteiger partial charge is 0.505 e. The highest BCUT2D eigenvalue weighted by atomic mass is 32.2. The van der Waals surface area contributed by atoms with Crippen LogP contribution in [-0.2, 0) is 30.4 Å². The second kappa shape index (κ2) is 12.5. The Hall–Kier alpha value is -4.93. The van der Waals surface area contributed by atoms with E-state index in [1.165, 1.54) is 39.5 Å². The van der Waals surface area contributed by atoms with Crippen LogP contribution < -0.4 is 19.9 Å². The van der Waals surface area contributed by atoms with Crippen LogP contribution in [0, 0.1) is 0 Å². The lowest BCUT2D eigenvalue weighted by Gasteiger charge is -2.13. The van der Waals surface area contributed by atoms with E-state index in [0.717, 1.165) is 24.3 Å². The van der Waals surface area contributed by atoms with Crippen molar-refractivity contribution in [2.24, 2.45) is 20.5 Å². The Morgan fingerprint density at radius 3 is 1.65 bits per heavy atom. The number of azo groups is 2. The van der Waals surface area contributed by atoms with Gasteiger partial charge in [0.15, 0.2) is 17.2 Å². The Balaban J connectivity index is 1.97. The molecule has 0 amide bonds. The number of nitrogens with zero attached hydrogens (tertiary/aromatic N) is 4. The molecule has 4 aromatic carbocycles. The highest BCUT2D eigenvalue weighted by Crippen LogP contribution is 2.46. The van der Waals surface area contributed by atoms with Gasteiger partial charge in [0.1, 0.15) is 38.3 Å². The molecule has 0 aromatic heterocycles. The van der Waals surface area contributed by atoms with Gasteiger partial charge in [0, 0.05) is 22.9 Å². The maximum Gasteiger partial charge on any atom is 0.297 e. The predicted molar refractivity (Wildman–Crippen MR) is 160 cm³/mol. The number of ether oxygens (including phenoxy) is 3. The van der Waals surface area contributed by atoms with E-state index in [2.05, 4.69) is 20.5 Å². The average molecular weight is 698 g/mol. The third-order valence-corrected chi connectivity index (χ3v) is 8.89. The summed E-state index contributed by atoms with van der Waals surface area (Å²) in [5, 5.41) is 25.9. The molecule has 18 nitrogen and oxygen atoms in total. The summed E-state index contributed by atoms with van der Waals surface area (Å²) in [4.78, 5) is -2.55. The zero-order chi connectivity index (χ0) is 34.2. The van der Waals surface area contributed by atoms with Crippen LogP contribution in [0.2, 0.25) is 0 Å². The molecule has 6 N–H and O–H groups in total. The average Bonchev–Trinajstić information content (AvgIpc) is 2.97. The quantitative estimate of drug-likeness (QED) is 0.0851. The zero-order valence-electron chi connectivity index (χ0n) is 23.7. The number of phenols is 1. The molecule has 0 aliphatic rings. The van der Waals surface area contributed by atoms with Crippen molar-refractivity contribution >= 4 is 69.6 Å². The van der Waals surface area contributed by atoms with Crippen LogP contribution in [0.25, 0.3) is 10.8 Å². The highest BCUT2D eigenvalue weighted by Gasteiger charge is 2.27. The van der Waals surface area contributed by atoms with Gasteiger partial charge in [-0.05, 0) is 36.4 Å². The minimum absolute atomic E-state index is 0.0589. The molecular formula is C25H23N5O13S3. The molecule has 0 bridgehead atoms. The topological polar surface area (TPSA) is 286 Å². The van der Waals surface area contributed by atoms with Crippen LogP contribution in [0.3, 0.4) is 0 Å². The number of nitrogen functional groups attached to an aromatic ring is 1. The predicted octanol–water partition coefficient (Wildman–Crippen LogP) is 4.72. The van der Waals surface area contributed by atoms with Crippen LogP contribution in [0.15, 0.2) is 83.7 Å². The summed E-state index contributed by atoms with van der Waals surface area (Å²) in [5.41, 5.74) is 3.85. The van der Waals surface area contributed by atoms with E-state index in [-0.39, 0.29) is 39.7 Å². The van der Waals surface area contributed by atoms with Gasteiger partial charge in [-0.25, -0.2) is 0 Å². The van der Waals surface area contributed by atoms with Crippen molar-refractivity contribution in [3.8, 4) is 23.0 Å². The van der Waals surface area contributed by atoms with Crippen molar-refractivity contribution in [1.82, 2.24) is 0 Å². The second-order valence-corrected chi connectivity index (χ2v) is 13.2. The van der Waals surface area contributed by atoms with Gasteiger partial charge in [0.25, 0.3) is 30.4 Å². The van der Waals surface area contributed by atoms with E-state index in [1.807, 2.05) is 0 Å². The molecule has 0 spiro atoms. The van der Waals surface area contributed by atoms with E-state index < -0.39 is 67.6 Å². The van der Waals surface area contributed by atoms with Gasteiger partial charge < -0.3 is 25.1 Å². The van der Waals surface area contributed by atoms with Crippen LogP contribution in [0.5, 0.6) is 23.0 Å². The molecule has 244 valence electrons. The van der Waals surface area contributed by atoms with Crippen LogP contribution in [0.1, 0.15) is 0 Å². The minimum Gasteiger partial charge on any atom is -0.505 e. The van der Waals surface area contributed by atoms with E-state index in [4.69, 9.17) is 19.9 Å². The molecule has 4 aromatic rings. The van der Waals surface area contributed by atoms with Gasteiger partial charge in [-0.1, -0.05) is 0 Å². The Morgan fingerprint density at radius 2 is 1.15 bits per heavy atom. The van der Waals surface area contributed by atoms with Crippen LogP contribution in [-0.4, -0.2) is 65.3 Å². The number of benzene rings is 4. The van der Waals surface area contributed by atoms with Gasteiger partial charge >= 0.3 is 0 Å². The monoisotopic (exact) mass is 697 g/mol. The van der Waals surface area contributed by atoms with Crippen LogP contribution in [0.4, 0.5) is 28.4 Å². The Morgan fingerprint density at radius 1 is 0.609 bits per heavy atom. The highest BCUT2D eigenvalue weighted by molar-refractivity contribution is 7.86. The third kappa shape index (κ3) is 6.83. The zero-order valence-corrected chi connectivity index (χ0v) is 26.1. The molecule has 21 heteroatoms. The molecule has 0 fully saturated rings. The molecule has 0 aliphatic heterocycles. The number of hydrogen-bond acceptors (Lipinski definition) is 15. The summed E-state index contributed by atoms with van der Waals surface area (Å²) in [6.07, 6.45) is 0. The first-order valence-electron chi connectivity index (χ1n) is 12.2. The van der Waals surface area contributed by atoms with Crippen molar-refractivity contribution < 1.29 is 58.2 Å². The number of rotatable bonds is 10. The number of nitrogens with two attached hydrogens (primary N) is 1. The van der Waals surface area contributed by atoms with Gasteiger partial charge in [-0.3, -0.25) is 13.7 Å². The van der Waals surface area contributed by atoms with Gasteiger partial charge in [0.05, 0.1) is 31.9 Å². The summed E-state index contributed by atoms with van der Waals surface area (Å²) in [6.45, 7) is 0. The molecule has 0 unspecified atom stereocenters. The molecule has 0 atom stereocenters. The summed E-state index contributed by atoms with van der Waals surface area (Å²) in [7, 11) is -11.0. The van der Waals surface area contributed by atoms with Crippen molar-refractivity contribution in [2.45, 2.75) is 14.7 Å². The molecule has 0 saturated heterocycles. The first-order valence-corrected chi connectivity index (χ1v) is 16.5.